The Balaban J connectivity index is 0.000000172. The number of aryl methyl sites for hydroxylation is 2. The van der Waals surface area contributed by atoms with E-state index in [1.807, 2.05) is 55.5 Å². The van der Waals surface area contributed by atoms with Crippen molar-refractivity contribution in [2.24, 2.45) is 7.05 Å². The fourth-order valence-electron chi connectivity index (χ4n) is 3.52. The van der Waals surface area contributed by atoms with E-state index in [0.29, 0.717) is 21.8 Å². The molecule has 0 saturated carbocycles. The minimum atomic E-state index is -0.0591. The quantitative estimate of drug-likeness (QED) is 0.405. The number of pyridine rings is 1. The molecule has 0 aliphatic rings. The van der Waals surface area contributed by atoms with E-state index >= 15 is 0 Å². The molecular weight excluding hydrogens is 454 g/mol. The summed E-state index contributed by atoms with van der Waals surface area (Å²) >= 11 is 6.20. The van der Waals surface area contributed by atoms with E-state index in [1.54, 1.807) is 17.7 Å². The first-order valence-corrected chi connectivity index (χ1v) is 10.8. The molecule has 0 aliphatic carbocycles. The molecule has 10 nitrogen and oxygen atoms in total. The lowest BCUT2D eigenvalue weighted by molar-refractivity contribution is 0.630. The fourth-order valence-corrected chi connectivity index (χ4v) is 3.78. The van der Waals surface area contributed by atoms with Crippen LogP contribution in [0.15, 0.2) is 65.7 Å². The van der Waals surface area contributed by atoms with Gasteiger partial charge in [-0.2, -0.15) is 4.80 Å². The Morgan fingerprint density at radius 1 is 1.00 bits per heavy atom. The third kappa shape index (κ3) is 4.44. The second-order valence-electron chi connectivity index (χ2n) is 7.29. The van der Waals surface area contributed by atoms with Gasteiger partial charge < -0.3 is 11.5 Å². The molecule has 3 heterocycles. The van der Waals surface area contributed by atoms with Gasteiger partial charge in [-0.05, 0) is 41.3 Å². The maximum Gasteiger partial charge on any atom is 0.264 e. The summed E-state index contributed by atoms with van der Waals surface area (Å²) in [6.45, 7) is 2.05. The van der Waals surface area contributed by atoms with Crippen LogP contribution in [0.1, 0.15) is 12.6 Å². The molecule has 0 aliphatic heterocycles. The summed E-state index contributed by atoms with van der Waals surface area (Å²) < 4.78 is 1.74. The van der Waals surface area contributed by atoms with E-state index in [0.717, 1.165) is 23.2 Å². The Bertz CT molecular complexity index is 1490. The standard InChI is InChI=1S/C17H14ClNO.C6H8N8/c1-2-13-11-12-7-6-10-15(18)16(12)17(20)19(13)14-8-4-3-5-9-14;1-14-12-6(11-13-14)3-4(7)9-2-10-5(3)8/h3-11H,2H2,1H3;2H,1H3,(H4,7,8,9,10). The molecule has 0 atom stereocenters. The summed E-state index contributed by atoms with van der Waals surface area (Å²) in [6, 6.07) is 17.3. The van der Waals surface area contributed by atoms with Gasteiger partial charge in [0.25, 0.3) is 5.56 Å². The summed E-state index contributed by atoms with van der Waals surface area (Å²) in [7, 11) is 1.65. The number of nitrogen functional groups attached to an aromatic ring is 2. The van der Waals surface area contributed by atoms with Crippen LogP contribution in [-0.4, -0.2) is 34.7 Å². The van der Waals surface area contributed by atoms with Gasteiger partial charge >= 0.3 is 0 Å². The van der Waals surface area contributed by atoms with Crippen molar-refractivity contribution in [3.05, 3.63) is 82.0 Å². The average molecular weight is 476 g/mol. The molecule has 172 valence electrons. The molecule has 0 radical (unpaired) electrons. The van der Waals surface area contributed by atoms with Gasteiger partial charge in [0.05, 0.1) is 17.5 Å². The number of nitrogens with zero attached hydrogens (tertiary/aromatic N) is 7. The molecule has 0 unspecified atom stereocenters. The molecular formula is C23H22ClN9O. The van der Waals surface area contributed by atoms with Crippen molar-refractivity contribution in [3.8, 4) is 17.1 Å². The third-order valence-corrected chi connectivity index (χ3v) is 5.40. The first-order valence-electron chi connectivity index (χ1n) is 10.4. The van der Waals surface area contributed by atoms with Gasteiger partial charge in [0.15, 0.2) is 0 Å². The number of rotatable bonds is 3. The number of para-hydroxylation sites is 1. The monoisotopic (exact) mass is 475 g/mol. The maximum atomic E-state index is 12.8. The number of hydrogen-bond donors (Lipinski definition) is 2. The van der Waals surface area contributed by atoms with Gasteiger partial charge in [-0.3, -0.25) is 9.36 Å². The number of anilines is 2. The van der Waals surface area contributed by atoms with Crippen LogP contribution in [0, 0.1) is 0 Å². The van der Waals surface area contributed by atoms with Gasteiger partial charge in [0.1, 0.15) is 23.5 Å². The molecule has 11 heteroatoms. The van der Waals surface area contributed by atoms with E-state index in [4.69, 9.17) is 23.1 Å². The molecule has 5 rings (SSSR count). The molecule has 0 fully saturated rings. The Hall–Kier alpha value is -4.31. The van der Waals surface area contributed by atoms with E-state index in [2.05, 4.69) is 25.4 Å². The minimum Gasteiger partial charge on any atom is -0.383 e. The largest absolute Gasteiger partial charge is 0.383 e. The molecule has 0 spiro atoms. The topological polar surface area (TPSA) is 143 Å². The molecule has 0 amide bonds. The van der Waals surface area contributed by atoms with E-state index < -0.39 is 0 Å². The van der Waals surface area contributed by atoms with Crippen molar-refractivity contribution < 1.29 is 0 Å². The predicted octanol–water partition coefficient (Wildman–Crippen LogP) is 3.04. The predicted molar refractivity (Wildman–Crippen MR) is 133 cm³/mol. The number of fused-ring (bicyclic) bond motifs is 1. The van der Waals surface area contributed by atoms with Crippen LogP contribution in [0.4, 0.5) is 11.6 Å². The van der Waals surface area contributed by atoms with Crippen LogP contribution in [-0.2, 0) is 13.5 Å². The SMILES string of the molecule is CCc1cc2cccc(Cl)c2c(=O)n1-c1ccccc1.Cn1nnc(-c2c(N)ncnc2N)n1. The highest BCUT2D eigenvalue weighted by atomic mass is 35.5. The van der Waals surface area contributed by atoms with Gasteiger partial charge in [-0.25, -0.2) is 9.97 Å². The van der Waals surface area contributed by atoms with E-state index in [1.165, 1.54) is 11.1 Å². The van der Waals surface area contributed by atoms with Gasteiger partial charge in [0.2, 0.25) is 5.82 Å². The lowest BCUT2D eigenvalue weighted by Gasteiger charge is -2.14. The lowest BCUT2D eigenvalue weighted by Crippen LogP contribution is -2.22. The summed E-state index contributed by atoms with van der Waals surface area (Å²) in [5.41, 5.74) is 13.4. The number of nitrogens with two attached hydrogens (primary N) is 2. The molecule has 5 aromatic rings. The van der Waals surface area contributed by atoms with E-state index in [9.17, 15) is 4.79 Å². The molecule has 4 N–H and O–H groups in total. The summed E-state index contributed by atoms with van der Waals surface area (Å²) in [5, 5.41) is 13.4. The number of hydrogen-bond acceptors (Lipinski definition) is 8. The van der Waals surface area contributed by atoms with Gasteiger partial charge in [-0.15, -0.1) is 10.2 Å². The van der Waals surface area contributed by atoms with Crippen molar-refractivity contribution in [2.45, 2.75) is 13.3 Å². The van der Waals surface area contributed by atoms with Crippen LogP contribution in [0.2, 0.25) is 5.02 Å². The fraction of sp³-hybridized carbons (Fsp3) is 0.130. The van der Waals surface area contributed by atoms with Gasteiger partial charge in [-0.1, -0.05) is 48.9 Å². The van der Waals surface area contributed by atoms with Crippen molar-refractivity contribution in [1.29, 1.82) is 0 Å². The number of benzene rings is 2. The zero-order valence-corrected chi connectivity index (χ0v) is 19.3. The Morgan fingerprint density at radius 2 is 1.71 bits per heavy atom. The number of halogens is 1. The summed E-state index contributed by atoms with van der Waals surface area (Å²) in [6.07, 6.45) is 2.07. The average Bonchev–Trinajstić information content (AvgIpc) is 3.25. The second kappa shape index (κ2) is 9.67. The van der Waals surface area contributed by atoms with Crippen LogP contribution in [0.3, 0.4) is 0 Å². The Morgan fingerprint density at radius 3 is 2.32 bits per heavy atom. The third-order valence-electron chi connectivity index (χ3n) is 5.09. The number of tetrazole rings is 1. The van der Waals surface area contributed by atoms with Crippen LogP contribution in [0.25, 0.3) is 27.8 Å². The molecule has 0 bridgehead atoms. The molecule has 34 heavy (non-hydrogen) atoms. The van der Waals surface area contributed by atoms with Crippen LogP contribution < -0.4 is 17.0 Å². The zero-order valence-electron chi connectivity index (χ0n) is 18.6. The Labute approximate surface area is 199 Å². The number of aromatic nitrogens is 7. The smallest absolute Gasteiger partial charge is 0.264 e. The summed E-state index contributed by atoms with van der Waals surface area (Å²) in [5.74, 6) is 0.805. The van der Waals surface area contributed by atoms with Crippen LogP contribution >= 0.6 is 11.6 Å². The van der Waals surface area contributed by atoms with Crippen molar-refractivity contribution in [3.63, 3.8) is 0 Å². The van der Waals surface area contributed by atoms with Crippen LogP contribution in [0.5, 0.6) is 0 Å². The maximum absolute atomic E-state index is 12.8. The molecule has 0 saturated heterocycles. The highest BCUT2D eigenvalue weighted by Crippen LogP contribution is 2.24. The van der Waals surface area contributed by atoms with Crippen molar-refractivity contribution >= 4 is 34.0 Å². The van der Waals surface area contributed by atoms with E-state index in [-0.39, 0.29) is 17.2 Å². The van der Waals surface area contributed by atoms with Crippen molar-refractivity contribution in [2.75, 3.05) is 11.5 Å². The second-order valence-corrected chi connectivity index (χ2v) is 7.70. The molecule has 3 aromatic heterocycles. The first-order chi connectivity index (χ1) is 16.4. The first kappa shape index (κ1) is 22.9. The normalized spacial score (nSPS) is 10.7. The highest BCUT2D eigenvalue weighted by Gasteiger charge is 2.14. The highest BCUT2D eigenvalue weighted by molar-refractivity contribution is 6.35. The van der Waals surface area contributed by atoms with Gasteiger partial charge in [0, 0.05) is 11.4 Å². The van der Waals surface area contributed by atoms with Crippen molar-refractivity contribution in [1.82, 2.24) is 34.7 Å². The molecule has 2 aromatic carbocycles. The minimum absolute atomic E-state index is 0.0591. The summed E-state index contributed by atoms with van der Waals surface area (Å²) in [4.78, 5) is 21.7. The Kier molecular flexibility index (Phi) is 6.51. The lowest BCUT2D eigenvalue weighted by atomic mass is 10.1. The zero-order chi connectivity index (χ0) is 24.2.